The molecule has 0 aliphatic heterocycles. The van der Waals surface area contributed by atoms with E-state index in [1.165, 1.54) is 37.7 Å². The maximum atomic E-state index is 12.8. The van der Waals surface area contributed by atoms with E-state index in [1.54, 1.807) is 35.0 Å². The van der Waals surface area contributed by atoms with Gasteiger partial charge in [-0.25, -0.2) is 0 Å². The Morgan fingerprint density at radius 2 is 1.65 bits per heavy atom. The number of methoxy groups -OCH3 is 2. The van der Waals surface area contributed by atoms with Gasteiger partial charge in [0.1, 0.15) is 5.75 Å². The largest absolute Gasteiger partial charge is 0.573 e. The van der Waals surface area contributed by atoms with Crippen molar-refractivity contribution in [1.82, 2.24) is 10.2 Å². The predicted octanol–water partition coefficient (Wildman–Crippen LogP) is 6.43. The first kappa shape index (κ1) is 23.1. The third kappa shape index (κ3) is 4.96. The molecule has 176 valence electrons. The Labute approximate surface area is 194 Å². The Kier molecular flexibility index (Phi) is 6.41. The predicted molar refractivity (Wildman–Crippen MR) is 121 cm³/mol. The fourth-order valence-corrected chi connectivity index (χ4v) is 3.85. The van der Waals surface area contributed by atoms with Crippen molar-refractivity contribution in [2.45, 2.75) is 6.36 Å². The minimum atomic E-state index is -4.85. The SMILES string of the molecule is COc1ccc(-c2[nH][nH]c(=O)c2N=Nc2ccc(OC(F)(F)F)c(-c3ccsc3)c2)cc1OC. The number of nitrogens with one attached hydrogen (secondary N) is 2. The zero-order chi connectivity index (χ0) is 24.3. The lowest BCUT2D eigenvalue weighted by Crippen LogP contribution is -2.17. The topological polar surface area (TPSA) is 101 Å². The summed E-state index contributed by atoms with van der Waals surface area (Å²) in [5.74, 6) is 0.593. The number of ether oxygens (including phenoxy) is 3. The summed E-state index contributed by atoms with van der Waals surface area (Å²) in [6.45, 7) is 0. The molecule has 34 heavy (non-hydrogen) atoms. The van der Waals surface area contributed by atoms with Gasteiger partial charge in [0, 0.05) is 11.1 Å². The summed E-state index contributed by atoms with van der Waals surface area (Å²) in [5, 5.41) is 16.8. The van der Waals surface area contributed by atoms with Gasteiger partial charge in [0.25, 0.3) is 5.56 Å². The molecule has 2 aromatic carbocycles. The van der Waals surface area contributed by atoms with Crippen LogP contribution in [0.2, 0.25) is 0 Å². The molecule has 2 heterocycles. The highest BCUT2D eigenvalue weighted by Gasteiger charge is 2.32. The van der Waals surface area contributed by atoms with Crippen LogP contribution in [0, 0.1) is 0 Å². The molecule has 0 atom stereocenters. The van der Waals surface area contributed by atoms with Gasteiger partial charge in [-0.05, 0) is 58.8 Å². The molecule has 4 rings (SSSR count). The van der Waals surface area contributed by atoms with Crippen LogP contribution in [0.1, 0.15) is 0 Å². The molecular formula is C22H17F3N4O4S. The summed E-state index contributed by atoms with van der Waals surface area (Å²) < 4.78 is 53.2. The normalized spacial score (nSPS) is 11.7. The summed E-state index contributed by atoms with van der Waals surface area (Å²) in [7, 11) is 2.99. The van der Waals surface area contributed by atoms with Gasteiger partial charge in [-0.3, -0.25) is 15.0 Å². The fraction of sp³-hybridized carbons (Fsp3) is 0.136. The molecule has 0 spiro atoms. The van der Waals surface area contributed by atoms with Gasteiger partial charge in [0.05, 0.1) is 25.6 Å². The van der Waals surface area contributed by atoms with E-state index in [4.69, 9.17) is 9.47 Å². The van der Waals surface area contributed by atoms with Crippen molar-refractivity contribution in [3.63, 3.8) is 0 Å². The molecule has 2 N–H and O–H groups in total. The van der Waals surface area contributed by atoms with Gasteiger partial charge in [0.2, 0.25) is 0 Å². The molecule has 8 nitrogen and oxygen atoms in total. The van der Waals surface area contributed by atoms with Gasteiger partial charge in [-0.1, -0.05) is 0 Å². The second-order valence-electron chi connectivity index (χ2n) is 6.81. The van der Waals surface area contributed by atoms with Crippen LogP contribution in [0.5, 0.6) is 17.2 Å². The number of halogens is 3. The van der Waals surface area contributed by atoms with Crippen molar-refractivity contribution in [3.8, 4) is 39.6 Å². The van der Waals surface area contributed by atoms with Crippen LogP contribution < -0.4 is 19.8 Å². The molecular weight excluding hydrogens is 473 g/mol. The Hall–Kier alpha value is -4.06. The molecule has 4 aromatic rings. The number of aromatic amines is 2. The van der Waals surface area contributed by atoms with E-state index in [1.807, 2.05) is 0 Å². The van der Waals surface area contributed by atoms with Crippen molar-refractivity contribution in [2.75, 3.05) is 14.2 Å². The summed E-state index contributed by atoms with van der Waals surface area (Å²) in [6, 6.07) is 10.6. The number of nitrogens with zero attached hydrogens (tertiary/aromatic N) is 2. The van der Waals surface area contributed by atoms with E-state index in [-0.39, 0.29) is 22.7 Å². The third-order valence-electron chi connectivity index (χ3n) is 4.71. The smallest absolute Gasteiger partial charge is 0.493 e. The van der Waals surface area contributed by atoms with Crippen LogP contribution in [0.4, 0.5) is 24.5 Å². The number of aromatic nitrogens is 2. The molecule has 2 aromatic heterocycles. The number of benzene rings is 2. The second kappa shape index (κ2) is 9.43. The van der Waals surface area contributed by atoms with Crippen LogP contribution in [-0.4, -0.2) is 30.8 Å². The van der Waals surface area contributed by atoms with Crippen molar-refractivity contribution in [3.05, 3.63) is 63.6 Å². The highest BCUT2D eigenvalue weighted by atomic mass is 32.1. The zero-order valence-electron chi connectivity index (χ0n) is 17.8. The van der Waals surface area contributed by atoms with E-state index in [0.29, 0.717) is 28.3 Å². The number of thiophene rings is 1. The molecule has 0 saturated carbocycles. The van der Waals surface area contributed by atoms with Crippen LogP contribution >= 0.6 is 11.3 Å². The van der Waals surface area contributed by atoms with E-state index in [0.717, 1.165) is 6.07 Å². The van der Waals surface area contributed by atoms with Crippen molar-refractivity contribution >= 4 is 22.7 Å². The van der Waals surface area contributed by atoms with Crippen molar-refractivity contribution in [2.24, 2.45) is 10.2 Å². The van der Waals surface area contributed by atoms with Crippen LogP contribution in [0.15, 0.2) is 68.2 Å². The van der Waals surface area contributed by atoms with Crippen molar-refractivity contribution in [1.29, 1.82) is 0 Å². The maximum Gasteiger partial charge on any atom is 0.573 e. The number of hydrogen-bond donors (Lipinski definition) is 2. The molecule has 0 unspecified atom stereocenters. The Bertz CT molecular complexity index is 1380. The first-order chi connectivity index (χ1) is 16.3. The standard InChI is InChI=1S/C22H17F3N4O4S/c1-31-17-5-3-12(9-18(17)32-2)19-20(21(30)29-27-19)28-26-14-4-6-16(33-22(23,24)25)15(10-14)13-7-8-34-11-13/h3-11H,1-2H3,(H2,27,29,30). The minimum Gasteiger partial charge on any atom is -0.493 e. The maximum absolute atomic E-state index is 12.8. The molecule has 12 heteroatoms. The Morgan fingerprint density at radius 1 is 0.882 bits per heavy atom. The lowest BCUT2D eigenvalue weighted by Gasteiger charge is -2.13. The van der Waals surface area contributed by atoms with Gasteiger partial charge in [-0.15, -0.1) is 18.3 Å². The summed E-state index contributed by atoms with van der Waals surface area (Å²) in [4.78, 5) is 12.3. The average molecular weight is 490 g/mol. The number of alkyl halides is 3. The highest BCUT2D eigenvalue weighted by molar-refractivity contribution is 7.08. The van der Waals surface area contributed by atoms with E-state index >= 15 is 0 Å². The van der Waals surface area contributed by atoms with E-state index < -0.39 is 11.9 Å². The molecule has 0 radical (unpaired) electrons. The Morgan fingerprint density at radius 3 is 2.32 bits per heavy atom. The van der Waals surface area contributed by atoms with Gasteiger partial charge < -0.3 is 14.2 Å². The number of azo groups is 1. The average Bonchev–Trinajstić information content (AvgIpc) is 3.47. The summed E-state index contributed by atoms with van der Waals surface area (Å²) in [6.07, 6.45) is -4.85. The molecule has 0 aliphatic rings. The van der Waals surface area contributed by atoms with Gasteiger partial charge >= 0.3 is 6.36 Å². The molecule has 0 aliphatic carbocycles. The minimum absolute atomic E-state index is 0.0140. The monoisotopic (exact) mass is 490 g/mol. The number of hydrogen-bond acceptors (Lipinski definition) is 7. The number of rotatable bonds is 7. The zero-order valence-corrected chi connectivity index (χ0v) is 18.6. The highest BCUT2D eigenvalue weighted by Crippen LogP contribution is 2.38. The fourth-order valence-electron chi connectivity index (χ4n) is 3.19. The Balaban J connectivity index is 1.71. The number of H-pyrrole nitrogens is 2. The van der Waals surface area contributed by atoms with E-state index in [2.05, 4.69) is 25.2 Å². The first-order valence-corrected chi connectivity index (χ1v) is 10.6. The first-order valence-electron chi connectivity index (χ1n) is 9.66. The summed E-state index contributed by atoms with van der Waals surface area (Å²) in [5.41, 5.74) is 1.35. The van der Waals surface area contributed by atoms with Crippen LogP contribution in [-0.2, 0) is 0 Å². The van der Waals surface area contributed by atoms with Gasteiger partial charge in [0.15, 0.2) is 17.2 Å². The third-order valence-corrected chi connectivity index (χ3v) is 5.39. The second-order valence-corrected chi connectivity index (χ2v) is 7.59. The van der Waals surface area contributed by atoms with Crippen LogP contribution in [0.3, 0.4) is 0 Å². The lowest BCUT2D eigenvalue weighted by atomic mass is 10.1. The quantitative estimate of drug-likeness (QED) is 0.292. The van der Waals surface area contributed by atoms with Gasteiger partial charge in [-0.2, -0.15) is 16.5 Å². The molecule has 0 amide bonds. The van der Waals surface area contributed by atoms with E-state index in [9.17, 15) is 18.0 Å². The molecule has 0 saturated heterocycles. The van der Waals surface area contributed by atoms with Crippen molar-refractivity contribution < 1.29 is 27.4 Å². The summed E-state index contributed by atoms with van der Waals surface area (Å²) >= 11 is 1.33. The molecule has 0 fully saturated rings. The van der Waals surface area contributed by atoms with Crippen LogP contribution in [0.25, 0.3) is 22.4 Å². The lowest BCUT2D eigenvalue weighted by molar-refractivity contribution is -0.274. The molecule has 0 bridgehead atoms.